The van der Waals surface area contributed by atoms with Gasteiger partial charge in [0.2, 0.25) is 11.7 Å². The summed E-state index contributed by atoms with van der Waals surface area (Å²) in [4.78, 5) is 25.2. The molecule has 0 unspecified atom stereocenters. The third-order valence-corrected chi connectivity index (χ3v) is 5.61. The quantitative estimate of drug-likeness (QED) is 0.505. The molecule has 0 atom stereocenters. The Hall–Kier alpha value is -2.00. The molecule has 0 N–H and O–H groups in total. The molecule has 150 valence electrons. The van der Waals surface area contributed by atoms with Crippen LogP contribution >= 0.6 is 39.1 Å². The Balaban J connectivity index is 1.35. The normalized spacial score (nSPS) is 14.9. The Morgan fingerprint density at radius 2 is 1.86 bits per heavy atom. The van der Waals surface area contributed by atoms with Gasteiger partial charge in [-0.25, -0.2) is 4.98 Å². The van der Waals surface area contributed by atoms with E-state index in [2.05, 4.69) is 36.0 Å². The number of pyridine rings is 1. The maximum atomic E-state index is 12.7. The van der Waals surface area contributed by atoms with Gasteiger partial charge in [-0.3, -0.25) is 9.69 Å². The zero-order valence-corrected chi connectivity index (χ0v) is 18.3. The second-order valence-electron chi connectivity index (χ2n) is 6.58. The number of carbonyl (C=O) groups is 1. The smallest absolute Gasteiger partial charge is 0.257 e. The van der Waals surface area contributed by atoms with Crippen molar-refractivity contribution in [2.24, 2.45) is 0 Å². The van der Waals surface area contributed by atoms with Gasteiger partial charge in [0.05, 0.1) is 12.1 Å². The van der Waals surface area contributed by atoms with Crippen LogP contribution in [0, 0.1) is 0 Å². The van der Waals surface area contributed by atoms with E-state index in [0.29, 0.717) is 55.0 Å². The van der Waals surface area contributed by atoms with E-state index in [1.165, 1.54) is 0 Å². The lowest BCUT2D eigenvalue weighted by atomic mass is 10.2. The van der Waals surface area contributed by atoms with Crippen LogP contribution in [0.4, 0.5) is 0 Å². The molecule has 1 amide bonds. The van der Waals surface area contributed by atoms with E-state index < -0.39 is 0 Å². The van der Waals surface area contributed by atoms with Crippen LogP contribution in [-0.4, -0.2) is 57.0 Å². The number of halogens is 3. The lowest BCUT2D eigenvalue weighted by Crippen LogP contribution is -2.48. The van der Waals surface area contributed by atoms with Crippen LogP contribution in [0.1, 0.15) is 16.2 Å². The highest BCUT2D eigenvalue weighted by molar-refractivity contribution is 9.10. The molecule has 3 heterocycles. The van der Waals surface area contributed by atoms with Crippen molar-refractivity contribution in [1.29, 1.82) is 0 Å². The average Bonchev–Trinajstić information content (AvgIpc) is 3.19. The molecule has 29 heavy (non-hydrogen) atoms. The Morgan fingerprint density at radius 3 is 2.59 bits per heavy atom. The fourth-order valence-corrected chi connectivity index (χ4v) is 3.72. The number of benzene rings is 1. The standard InChI is InChI=1S/C19H16BrCl2N5O2/c20-13-9-15(17(22)23-10-13)19(28)27-7-5-26(6-8-27)11-16-24-18(25-29-16)12-1-3-14(21)4-2-12/h1-4,9-10H,5-8,11H2. The van der Waals surface area contributed by atoms with Crippen molar-refractivity contribution < 1.29 is 9.32 Å². The number of carbonyl (C=O) groups excluding carboxylic acids is 1. The molecule has 0 saturated carbocycles. The summed E-state index contributed by atoms with van der Waals surface area (Å²) in [5, 5.41) is 4.90. The summed E-state index contributed by atoms with van der Waals surface area (Å²) in [6.07, 6.45) is 1.57. The fraction of sp³-hybridized carbons (Fsp3) is 0.263. The molecule has 1 aliphatic heterocycles. The molecular weight excluding hydrogens is 481 g/mol. The number of amides is 1. The lowest BCUT2D eigenvalue weighted by molar-refractivity contribution is 0.0615. The van der Waals surface area contributed by atoms with Crippen LogP contribution in [0.5, 0.6) is 0 Å². The molecule has 0 bridgehead atoms. The van der Waals surface area contributed by atoms with Crippen LogP contribution in [0.15, 0.2) is 45.5 Å². The van der Waals surface area contributed by atoms with Gasteiger partial charge in [0.25, 0.3) is 5.91 Å². The van der Waals surface area contributed by atoms with Gasteiger partial charge in [-0.15, -0.1) is 0 Å². The van der Waals surface area contributed by atoms with Crippen molar-refractivity contribution in [2.75, 3.05) is 26.2 Å². The van der Waals surface area contributed by atoms with Crippen LogP contribution < -0.4 is 0 Å². The highest BCUT2D eigenvalue weighted by Gasteiger charge is 2.25. The summed E-state index contributed by atoms with van der Waals surface area (Å²) in [6.45, 7) is 3.09. The minimum absolute atomic E-state index is 0.119. The van der Waals surface area contributed by atoms with Gasteiger partial charge >= 0.3 is 0 Å². The third-order valence-electron chi connectivity index (χ3n) is 4.62. The Labute approximate surface area is 185 Å². The van der Waals surface area contributed by atoms with Crippen molar-refractivity contribution in [3.8, 4) is 11.4 Å². The molecule has 1 aliphatic rings. The Kier molecular flexibility index (Phi) is 6.15. The first kappa shape index (κ1) is 20.3. The van der Waals surface area contributed by atoms with E-state index in [-0.39, 0.29) is 11.1 Å². The fourth-order valence-electron chi connectivity index (χ4n) is 3.08. The van der Waals surface area contributed by atoms with E-state index >= 15 is 0 Å². The third kappa shape index (κ3) is 4.78. The molecule has 4 rings (SSSR count). The van der Waals surface area contributed by atoms with Crippen LogP contribution in [0.2, 0.25) is 10.2 Å². The monoisotopic (exact) mass is 495 g/mol. The first-order chi connectivity index (χ1) is 14.0. The highest BCUT2D eigenvalue weighted by Crippen LogP contribution is 2.22. The van der Waals surface area contributed by atoms with Crippen LogP contribution in [0.3, 0.4) is 0 Å². The van der Waals surface area contributed by atoms with Gasteiger partial charge in [-0.1, -0.05) is 28.4 Å². The Bertz CT molecular complexity index is 1020. The number of nitrogens with zero attached hydrogens (tertiary/aromatic N) is 5. The van der Waals surface area contributed by atoms with E-state index in [4.69, 9.17) is 27.7 Å². The maximum absolute atomic E-state index is 12.7. The number of rotatable bonds is 4. The molecule has 2 aromatic heterocycles. The number of hydrogen-bond acceptors (Lipinski definition) is 6. The predicted octanol–water partition coefficient (Wildman–Crippen LogP) is 4.16. The first-order valence-electron chi connectivity index (χ1n) is 8.91. The molecule has 1 saturated heterocycles. The molecule has 1 aromatic carbocycles. The van der Waals surface area contributed by atoms with Crippen LogP contribution in [-0.2, 0) is 6.54 Å². The van der Waals surface area contributed by atoms with E-state index in [1.54, 1.807) is 29.3 Å². The zero-order valence-electron chi connectivity index (χ0n) is 15.2. The first-order valence-corrected chi connectivity index (χ1v) is 10.5. The molecule has 0 radical (unpaired) electrons. The molecule has 0 spiro atoms. The van der Waals surface area contributed by atoms with Gasteiger partial charge in [-0.05, 0) is 46.3 Å². The van der Waals surface area contributed by atoms with Crippen molar-refractivity contribution in [2.45, 2.75) is 6.54 Å². The largest absolute Gasteiger partial charge is 0.338 e. The van der Waals surface area contributed by atoms with Gasteiger partial charge in [0, 0.05) is 47.4 Å². The molecular formula is C19H16BrCl2N5O2. The molecule has 3 aromatic rings. The second kappa shape index (κ2) is 8.79. The SMILES string of the molecule is O=C(c1cc(Br)cnc1Cl)N1CCN(Cc2nc(-c3ccc(Cl)cc3)no2)CC1. The molecule has 10 heteroatoms. The topological polar surface area (TPSA) is 75.4 Å². The molecule has 1 fully saturated rings. The van der Waals surface area contributed by atoms with Crippen molar-refractivity contribution in [1.82, 2.24) is 24.9 Å². The van der Waals surface area contributed by atoms with Gasteiger partial charge in [0.1, 0.15) is 5.15 Å². The minimum Gasteiger partial charge on any atom is -0.338 e. The van der Waals surface area contributed by atoms with Crippen LogP contribution in [0.25, 0.3) is 11.4 Å². The number of piperazine rings is 1. The van der Waals surface area contributed by atoms with Crippen molar-refractivity contribution in [3.63, 3.8) is 0 Å². The molecule has 7 nitrogen and oxygen atoms in total. The van der Waals surface area contributed by atoms with Crippen molar-refractivity contribution in [3.05, 3.63) is 62.6 Å². The summed E-state index contributed by atoms with van der Waals surface area (Å²) < 4.78 is 6.10. The summed E-state index contributed by atoms with van der Waals surface area (Å²) in [5.74, 6) is 0.947. The minimum atomic E-state index is -0.119. The summed E-state index contributed by atoms with van der Waals surface area (Å²) in [7, 11) is 0. The van der Waals surface area contributed by atoms with Gasteiger partial charge in [-0.2, -0.15) is 4.98 Å². The number of hydrogen-bond donors (Lipinski definition) is 0. The van der Waals surface area contributed by atoms with E-state index in [1.807, 2.05) is 12.1 Å². The molecule has 0 aliphatic carbocycles. The number of aromatic nitrogens is 3. The van der Waals surface area contributed by atoms with Gasteiger partial charge in [0.15, 0.2) is 0 Å². The summed E-state index contributed by atoms with van der Waals surface area (Å²) in [6, 6.07) is 8.97. The summed E-state index contributed by atoms with van der Waals surface area (Å²) >= 11 is 15.3. The highest BCUT2D eigenvalue weighted by atomic mass is 79.9. The van der Waals surface area contributed by atoms with Gasteiger partial charge < -0.3 is 9.42 Å². The lowest BCUT2D eigenvalue weighted by Gasteiger charge is -2.34. The zero-order chi connectivity index (χ0) is 20.4. The average molecular weight is 497 g/mol. The second-order valence-corrected chi connectivity index (χ2v) is 8.29. The summed E-state index contributed by atoms with van der Waals surface area (Å²) in [5.41, 5.74) is 1.25. The van der Waals surface area contributed by atoms with Crippen molar-refractivity contribution >= 4 is 45.0 Å². The maximum Gasteiger partial charge on any atom is 0.257 e. The van der Waals surface area contributed by atoms with E-state index in [9.17, 15) is 4.79 Å². The van der Waals surface area contributed by atoms with E-state index in [0.717, 1.165) is 10.0 Å². The Morgan fingerprint density at radius 1 is 1.14 bits per heavy atom. The predicted molar refractivity (Wildman–Crippen MR) is 113 cm³/mol.